The Morgan fingerprint density at radius 1 is 0.964 bits per heavy atom. The van der Waals surface area contributed by atoms with Crippen LogP contribution < -0.4 is 10.6 Å². The molecule has 7 rings (SSSR count). The summed E-state index contributed by atoms with van der Waals surface area (Å²) in [5.74, 6) is -2.44. The summed E-state index contributed by atoms with van der Waals surface area (Å²) < 4.78 is 72.3. The Morgan fingerprint density at radius 3 is 2.25 bits per heavy atom. The first-order chi connectivity index (χ1) is 26.5. The Hall–Kier alpha value is -4.66. The third-order valence-electron chi connectivity index (χ3n) is 9.07. The van der Waals surface area contributed by atoms with Crippen LogP contribution in [0.3, 0.4) is 0 Å². The fourth-order valence-electron chi connectivity index (χ4n) is 6.47. The molecule has 5 atom stereocenters. The number of aliphatic hydroxyl groups excluding tert-OH is 2. The minimum absolute atomic E-state index is 0.0522. The summed E-state index contributed by atoms with van der Waals surface area (Å²) >= 11 is 12.9. The molecule has 11 nitrogen and oxygen atoms in total. The molecular formula is C38H32Cl2F3N6O5P. The summed E-state index contributed by atoms with van der Waals surface area (Å²) in [5.41, 5.74) is 0.178. The van der Waals surface area contributed by atoms with Gasteiger partial charge in [0, 0.05) is 21.2 Å². The standard InChI is InChI=1S/C38H32Cl2F3N6O5P/c1-22-44-38(49(46-22)31-19-24(39)13-14-27(31)40)37-36(53-15-8-16-55(52,25-9-4-2-5-10-25)26-11-6-3-7-12-26)34(35(51)32(21-50)54-37)48-20-30(45-47-48)23-17-28(41)33(43)29(42)18-23/h2-14,16-20,32,34-37,50-51H,15,21H2,1H3/b16-8+/t32-,34+,35+,36-,37-/m1/s1. The molecule has 0 aliphatic carbocycles. The second-order valence-corrected chi connectivity index (χ2v) is 16.1. The van der Waals surface area contributed by atoms with Crippen molar-refractivity contribution in [2.75, 3.05) is 13.2 Å². The molecule has 0 bridgehead atoms. The summed E-state index contributed by atoms with van der Waals surface area (Å²) in [7, 11) is -3.31. The zero-order chi connectivity index (χ0) is 38.9. The van der Waals surface area contributed by atoms with Crippen LogP contribution in [0.25, 0.3) is 16.9 Å². The highest BCUT2D eigenvalue weighted by atomic mass is 35.5. The number of hydrogen-bond acceptors (Lipinski definition) is 9. The van der Waals surface area contributed by atoms with Crippen molar-refractivity contribution in [1.82, 2.24) is 29.8 Å². The molecule has 6 aromatic rings. The number of ether oxygens (including phenoxy) is 2. The number of aryl methyl sites for hydroxylation is 1. The van der Waals surface area contributed by atoms with Gasteiger partial charge in [0.05, 0.1) is 30.1 Å². The van der Waals surface area contributed by atoms with E-state index >= 15 is 0 Å². The van der Waals surface area contributed by atoms with Crippen molar-refractivity contribution in [1.29, 1.82) is 0 Å². The van der Waals surface area contributed by atoms with Gasteiger partial charge in [-0.25, -0.2) is 27.5 Å². The number of halogens is 5. The van der Waals surface area contributed by atoms with E-state index < -0.39 is 61.7 Å². The van der Waals surface area contributed by atoms with Crippen LogP contribution in [0.5, 0.6) is 0 Å². The monoisotopic (exact) mass is 810 g/mol. The van der Waals surface area contributed by atoms with Gasteiger partial charge in [0.1, 0.15) is 42.0 Å². The van der Waals surface area contributed by atoms with E-state index in [1.165, 1.54) is 15.6 Å². The van der Waals surface area contributed by atoms with Crippen LogP contribution in [0.2, 0.25) is 10.0 Å². The molecule has 0 spiro atoms. The van der Waals surface area contributed by atoms with Crippen LogP contribution in [-0.4, -0.2) is 71.5 Å². The lowest BCUT2D eigenvalue weighted by Crippen LogP contribution is -2.54. The summed E-state index contributed by atoms with van der Waals surface area (Å²) in [6, 6.07) is 23.1. The van der Waals surface area contributed by atoms with Crippen LogP contribution in [0, 0.1) is 24.4 Å². The van der Waals surface area contributed by atoms with E-state index in [0.717, 1.165) is 12.1 Å². The third kappa shape index (κ3) is 7.76. The molecule has 0 radical (unpaired) electrons. The van der Waals surface area contributed by atoms with E-state index in [2.05, 4.69) is 20.4 Å². The SMILES string of the molecule is Cc1nc([C@@H]2O[C@H](CO)[C@H](O)[C@H](n3cc(-c4cc(F)c(F)c(F)c4)nn3)[C@H]2OC/C=C/P(=O)(c2ccccc2)c2ccccc2)n(-c2cc(Cl)ccc2Cl)n1. The number of nitrogens with zero attached hydrogens (tertiary/aromatic N) is 6. The molecule has 0 saturated carbocycles. The zero-order valence-corrected chi connectivity index (χ0v) is 31.2. The maximum Gasteiger partial charge on any atom is 0.194 e. The molecule has 2 aromatic heterocycles. The lowest BCUT2D eigenvalue weighted by molar-refractivity contribution is -0.221. The van der Waals surface area contributed by atoms with Gasteiger partial charge in [0.25, 0.3) is 0 Å². The van der Waals surface area contributed by atoms with Gasteiger partial charge in [-0.2, -0.15) is 5.10 Å². The maximum atomic E-state index is 14.7. The van der Waals surface area contributed by atoms with Crippen LogP contribution in [0.15, 0.2) is 109 Å². The van der Waals surface area contributed by atoms with Crippen LogP contribution >= 0.6 is 30.3 Å². The smallest absolute Gasteiger partial charge is 0.194 e. The van der Waals surface area contributed by atoms with E-state index in [4.69, 9.17) is 32.7 Å². The Bertz CT molecular complexity index is 2320. The molecule has 284 valence electrons. The summed E-state index contributed by atoms with van der Waals surface area (Å²) in [6.07, 6.45) is -2.24. The molecule has 1 aliphatic rings. The summed E-state index contributed by atoms with van der Waals surface area (Å²) in [5, 5.41) is 36.7. The normalized spacial score (nSPS) is 20.3. The molecule has 1 fully saturated rings. The van der Waals surface area contributed by atoms with E-state index in [-0.39, 0.29) is 28.7 Å². The number of aliphatic hydroxyl groups is 2. The molecule has 1 aliphatic heterocycles. The summed E-state index contributed by atoms with van der Waals surface area (Å²) in [6.45, 7) is 0.812. The van der Waals surface area contributed by atoms with Crippen molar-refractivity contribution in [3.63, 3.8) is 0 Å². The fraction of sp³-hybridized carbons (Fsp3) is 0.211. The average Bonchev–Trinajstić information content (AvgIpc) is 3.84. The number of hydrogen-bond donors (Lipinski definition) is 2. The van der Waals surface area contributed by atoms with Gasteiger partial charge in [-0.3, -0.25) is 0 Å². The highest BCUT2D eigenvalue weighted by Crippen LogP contribution is 2.45. The van der Waals surface area contributed by atoms with Gasteiger partial charge in [0.2, 0.25) is 0 Å². The number of rotatable bonds is 11. The molecule has 0 amide bonds. The molecule has 55 heavy (non-hydrogen) atoms. The first kappa shape index (κ1) is 38.6. The molecular weight excluding hydrogens is 779 g/mol. The van der Waals surface area contributed by atoms with Gasteiger partial charge in [-0.1, -0.05) is 95.2 Å². The molecule has 0 unspecified atom stereocenters. The van der Waals surface area contributed by atoms with Gasteiger partial charge < -0.3 is 24.3 Å². The lowest BCUT2D eigenvalue weighted by atomic mass is 9.91. The van der Waals surface area contributed by atoms with Crippen molar-refractivity contribution in [3.8, 4) is 16.9 Å². The van der Waals surface area contributed by atoms with Crippen molar-refractivity contribution in [2.45, 2.75) is 37.4 Å². The Morgan fingerprint density at radius 2 is 1.62 bits per heavy atom. The van der Waals surface area contributed by atoms with E-state index in [1.807, 2.05) is 12.1 Å². The fourth-order valence-corrected chi connectivity index (χ4v) is 9.09. The van der Waals surface area contributed by atoms with Crippen LogP contribution in [0.4, 0.5) is 13.2 Å². The minimum Gasteiger partial charge on any atom is -0.394 e. The minimum atomic E-state index is -3.31. The topological polar surface area (TPSA) is 137 Å². The van der Waals surface area contributed by atoms with E-state index in [0.29, 0.717) is 27.1 Å². The highest BCUT2D eigenvalue weighted by Gasteiger charge is 2.50. The molecule has 1 saturated heterocycles. The number of benzene rings is 4. The Balaban J connectivity index is 1.31. The van der Waals surface area contributed by atoms with E-state index in [9.17, 15) is 27.9 Å². The molecule has 3 heterocycles. The molecule has 4 aromatic carbocycles. The molecule has 17 heteroatoms. The molecule has 2 N–H and O–H groups in total. The Kier molecular flexibility index (Phi) is 11.4. The van der Waals surface area contributed by atoms with Crippen molar-refractivity contribution >= 4 is 41.0 Å². The average molecular weight is 812 g/mol. The second-order valence-electron chi connectivity index (χ2n) is 12.6. The predicted molar refractivity (Wildman–Crippen MR) is 200 cm³/mol. The Labute approximate surface area is 323 Å². The quantitative estimate of drug-likeness (QED) is 0.111. The highest BCUT2D eigenvalue weighted by molar-refractivity contribution is 7.81. The van der Waals surface area contributed by atoms with Crippen molar-refractivity contribution in [2.24, 2.45) is 0 Å². The number of aromatic nitrogens is 6. The largest absolute Gasteiger partial charge is 0.394 e. The first-order valence-corrected chi connectivity index (χ1v) is 19.4. The van der Waals surface area contributed by atoms with Gasteiger partial charge in [-0.15, -0.1) is 5.10 Å². The maximum absolute atomic E-state index is 14.7. The van der Waals surface area contributed by atoms with Gasteiger partial charge >= 0.3 is 0 Å². The lowest BCUT2D eigenvalue weighted by Gasteiger charge is -2.43. The van der Waals surface area contributed by atoms with Crippen LogP contribution in [0.1, 0.15) is 23.8 Å². The van der Waals surface area contributed by atoms with Crippen LogP contribution in [-0.2, 0) is 14.0 Å². The van der Waals surface area contributed by atoms with Crippen molar-refractivity contribution in [3.05, 3.63) is 148 Å². The van der Waals surface area contributed by atoms with Crippen molar-refractivity contribution < 1.29 is 37.4 Å². The second kappa shape index (κ2) is 16.2. The first-order valence-electron chi connectivity index (χ1n) is 16.9. The van der Waals surface area contributed by atoms with Gasteiger partial charge in [-0.05, 0) is 43.1 Å². The third-order valence-corrected chi connectivity index (χ3v) is 12.4. The van der Waals surface area contributed by atoms with Gasteiger partial charge in [0.15, 0.2) is 30.4 Å². The summed E-state index contributed by atoms with van der Waals surface area (Å²) in [4.78, 5) is 4.64. The predicted octanol–water partition coefficient (Wildman–Crippen LogP) is 6.51. The van der Waals surface area contributed by atoms with E-state index in [1.54, 1.807) is 85.5 Å². The zero-order valence-electron chi connectivity index (χ0n) is 28.8.